The molecule has 0 aliphatic heterocycles. The summed E-state index contributed by atoms with van der Waals surface area (Å²) < 4.78 is 5.16. The average molecular weight is 324 g/mol. The van der Waals surface area contributed by atoms with E-state index in [4.69, 9.17) is 22.2 Å². The fourth-order valence-electron chi connectivity index (χ4n) is 1.85. The lowest BCUT2D eigenvalue weighted by atomic mass is 10.1. The van der Waals surface area contributed by atoms with Gasteiger partial charge in [0.15, 0.2) is 5.11 Å². The van der Waals surface area contributed by atoms with Gasteiger partial charge < -0.3 is 10.1 Å². The van der Waals surface area contributed by atoms with Crippen LogP contribution in [0.25, 0.3) is 0 Å². The van der Waals surface area contributed by atoms with E-state index in [1.165, 1.54) is 0 Å². The van der Waals surface area contributed by atoms with Crippen molar-refractivity contribution in [2.75, 3.05) is 12.4 Å². The number of thiocarbonyl (C=S) groups is 1. The summed E-state index contributed by atoms with van der Waals surface area (Å²) in [5, 5.41) is 16.4. The number of benzene rings is 2. The molecule has 116 valence electrons. The molecule has 0 unspecified atom stereocenters. The third-order valence-corrected chi connectivity index (χ3v) is 3.28. The average Bonchev–Trinajstić information content (AvgIpc) is 2.60. The van der Waals surface area contributed by atoms with E-state index in [1.54, 1.807) is 19.2 Å². The van der Waals surface area contributed by atoms with Gasteiger partial charge in [0.2, 0.25) is 0 Å². The van der Waals surface area contributed by atoms with Gasteiger partial charge in [0.25, 0.3) is 0 Å². The van der Waals surface area contributed by atoms with Crippen molar-refractivity contribution >= 4 is 28.7 Å². The first-order valence-corrected chi connectivity index (χ1v) is 7.29. The molecule has 0 radical (unpaired) electrons. The molecule has 0 aliphatic rings. The van der Waals surface area contributed by atoms with Crippen LogP contribution in [0.4, 0.5) is 5.69 Å². The third kappa shape index (κ3) is 4.80. The van der Waals surface area contributed by atoms with Gasteiger partial charge in [-0.25, -0.2) is 0 Å². The zero-order chi connectivity index (χ0) is 16.7. The Balaban J connectivity index is 1.97. The monoisotopic (exact) mass is 324 g/mol. The Kier molecular flexibility index (Phi) is 5.67. The van der Waals surface area contributed by atoms with Crippen LogP contribution in [0, 0.1) is 11.3 Å². The number of nitrogens with zero attached hydrogens (tertiary/aromatic N) is 2. The zero-order valence-corrected chi connectivity index (χ0v) is 13.6. The predicted octanol–water partition coefficient (Wildman–Crippen LogP) is 3.28. The van der Waals surface area contributed by atoms with Crippen LogP contribution in [0.3, 0.4) is 0 Å². The van der Waals surface area contributed by atoms with Crippen LogP contribution >= 0.6 is 12.2 Å². The van der Waals surface area contributed by atoms with E-state index in [-0.39, 0.29) is 0 Å². The molecule has 0 atom stereocenters. The van der Waals surface area contributed by atoms with E-state index >= 15 is 0 Å². The number of methoxy groups -OCH3 is 1. The molecule has 0 saturated heterocycles. The van der Waals surface area contributed by atoms with Gasteiger partial charge in [0.05, 0.1) is 24.5 Å². The maximum absolute atomic E-state index is 8.79. The van der Waals surface area contributed by atoms with E-state index in [1.807, 2.05) is 43.3 Å². The van der Waals surface area contributed by atoms with Crippen LogP contribution in [-0.4, -0.2) is 17.9 Å². The quantitative estimate of drug-likeness (QED) is 0.513. The molecule has 2 aromatic carbocycles. The molecule has 5 nitrogen and oxygen atoms in total. The normalized spacial score (nSPS) is 10.6. The Morgan fingerprint density at radius 3 is 2.61 bits per heavy atom. The first-order chi connectivity index (χ1) is 11.1. The molecule has 0 bridgehead atoms. The van der Waals surface area contributed by atoms with Gasteiger partial charge in [-0.2, -0.15) is 10.4 Å². The second kappa shape index (κ2) is 7.92. The minimum Gasteiger partial charge on any atom is -0.497 e. The van der Waals surface area contributed by atoms with Crippen LogP contribution < -0.4 is 15.5 Å². The van der Waals surface area contributed by atoms with Gasteiger partial charge in [-0.1, -0.05) is 18.2 Å². The number of hydrazone groups is 1. The van der Waals surface area contributed by atoms with Gasteiger partial charge in [-0.05, 0) is 49.0 Å². The number of hydrogen-bond acceptors (Lipinski definition) is 4. The highest BCUT2D eigenvalue weighted by molar-refractivity contribution is 7.80. The first kappa shape index (κ1) is 16.5. The van der Waals surface area contributed by atoms with Gasteiger partial charge in [0, 0.05) is 11.8 Å². The second-order valence-corrected chi connectivity index (χ2v) is 5.09. The van der Waals surface area contributed by atoms with Crippen LogP contribution in [0.2, 0.25) is 0 Å². The molecule has 2 N–H and O–H groups in total. The molecule has 23 heavy (non-hydrogen) atoms. The van der Waals surface area contributed by atoms with Gasteiger partial charge in [0.1, 0.15) is 5.75 Å². The van der Waals surface area contributed by atoms with Crippen molar-refractivity contribution in [3.05, 3.63) is 59.7 Å². The Morgan fingerprint density at radius 2 is 1.96 bits per heavy atom. The SMILES string of the molecule is COc1cccc(NC(=S)N/N=C(/C)c2ccc(C#N)cc2)c1. The summed E-state index contributed by atoms with van der Waals surface area (Å²) in [4.78, 5) is 0. The number of ether oxygens (including phenoxy) is 1. The smallest absolute Gasteiger partial charge is 0.191 e. The standard InChI is InChI=1S/C17H16N4OS/c1-12(14-8-6-13(11-18)7-9-14)20-21-17(23)19-15-4-3-5-16(10-15)22-2/h3-10H,1-2H3,(H2,19,21,23)/b20-12-. The van der Waals surface area contributed by atoms with Crippen molar-refractivity contribution < 1.29 is 4.74 Å². The van der Waals surface area contributed by atoms with E-state index in [0.29, 0.717) is 10.7 Å². The molecule has 2 rings (SSSR count). The number of nitriles is 1. The third-order valence-electron chi connectivity index (χ3n) is 3.08. The molecule has 0 saturated carbocycles. The largest absolute Gasteiger partial charge is 0.497 e. The van der Waals surface area contributed by atoms with Crippen molar-refractivity contribution in [3.63, 3.8) is 0 Å². The molecule has 0 heterocycles. The van der Waals surface area contributed by atoms with Crippen LogP contribution in [-0.2, 0) is 0 Å². The van der Waals surface area contributed by atoms with Gasteiger partial charge >= 0.3 is 0 Å². The van der Waals surface area contributed by atoms with Crippen LogP contribution in [0.5, 0.6) is 5.75 Å². The lowest BCUT2D eigenvalue weighted by Gasteiger charge is -2.09. The summed E-state index contributed by atoms with van der Waals surface area (Å²) in [6.45, 7) is 1.86. The summed E-state index contributed by atoms with van der Waals surface area (Å²) in [7, 11) is 1.61. The zero-order valence-electron chi connectivity index (χ0n) is 12.8. The van der Waals surface area contributed by atoms with E-state index in [2.05, 4.69) is 21.9 Å². The molecule has 0 amide bonds. The van der Waals surface area contributed by atoms with Crippen molar-refractivity contribution in [1.29, 1.82) is 5.26 Å². The fraction of sp³-hybridized carbons (Fsp3) is 0.118. The van der Waals surface area contributed by atoms with Crippen LogP contribution in [0.1, 0.15) is 18.1 Å². The lowest BCUT2D eigenvalue weighted by molar-refractivity contribution is 0.415. The summed E-state index contributed by atoms with van der Waals surface area (Å²) in [5.41, 5.74) is 5.91. The number of hydrogen-bond donors (Lipinski definition) is 2. The number of nitrogens with one attached hydrogen (secondary N) is 2. The second-order valence-electron chi connectivity index (χ2n) is 4.68. The van der Waals surface area contributed by atoms with Crippen molar-refractivity contribution in [1.82, 2.24) is 5.43 Å². The Hall–Kier alpha value is -2.91. The molecule has 2 aromatic rings. The highest BCUT2D eigenvalue weighted by Gasteiger charge is 2.01. The molecule has 6 heteroatoms. The van der Waals surface area contributed by atoms with Crippen molar-refractivity contribution in [3.8, 4) is 11.8 Å². The minimum absolute atomic E-state index is 0.381. The number of rotatable bonds is 4. The fourth-order valence-corrected chi connectivity index (χ4v) is 2.01. The highest BCUT2D eigenvalue weighted by atomic mass is 32.1. The van der Waals surface area contributed by atoms with E-state index < -0.39 is 0 Å². The molecule has 0 fully saturated rings. The lowest BCUT2D eigenvalue weighted by Crippen LogP contribution is -2.24. The van der Waals surface area contributed by atoms with Gasteiger partial charge in [-0.3, -0.25) is 5.43 Å². The Bertz CT molecular complexity index is 763. The molecular weight excluding hydrogens is 308 g/mol. The van der Waals surface area contributed by atoms with E-state index in [0.717, 1.165) is 22.7 Å². The van der Waals surface area contributed by atoms with E-state index in [9.17, 15) is 0 Å². The molecule has 0 spiro atoms. The van der Waals surface area contributed by atoms with Crippen molar-refractivity contribution in [2.24, 2.45) is 5.10 Å². The topological polar surface area (TPSA) is 69.4 Å². The van der Waals surface area contributed by atoms with Gasteiger partial charge in [-0.15, -0.1) is 0 Å². The maximum atomic E-state index is 8.79. The maximum Gasteiger partial charge on any atom is 0.191 e. The molecule has 0 aliphatic carbocycles. The summed E-state index contributed by atoms with van der Waals surface area (Å²) >= 11 is 5.21. The van der Waals surface area contributed by atoms with Crippen LogP contribution in [0.15, 0.2) is 53.6 Å². The summed E-state index contributed by atoms with van der Waals surface area (Å²) in [6, 6.07) is 16.7. The Labute approximate surface area is 140 Å². The van der Waals surface area contributed by atoms with Crippen molar-refractivity contribution in [2.45, 2.75) is 6.92 Å². The highest BCUT2D eigenvalue weighted by Crippen LogP contribution is 2.16. The predicted molar refractivity (Wildman–Crippen MR) is 95.7 cm³/mol. The minimum atomic E-state index is 0.381. The molecule has 0 aromatic heterocycles. The summed E-state index contributed by atoms with van der Waals surface area (Å²) in [6.07, 6.45) is 0. The number of anilines is 1. The summed E-state index contributed by atoms with van der Waals surface area (Å²) in [5.74, 6) is 0.745. The Morgan fingerprint density at radius 1 is 1.22 bits per heavy atom. The first-order valence-electron chi connectivity index (χ1n) is 6.88. The molecular formula is C17H16N4OS.